The molecular weight excluding hydrogens is 294 g/mol. The third-order valence-corrected chi connectivity index (χ3v) is 4.19. The van der Waals surface area contributed by atoms with Crippen LogP contribution in [0.5, 0.6) is 0 Å². The highest BCUT2D eigenvalue weighted by Gasteiger charge is 2.31. The fourth-order valence-electron chi connectivity index (χ4n) is 2.38. The van der Waals surface area contributed by atoms with Crippen LogP contribution >= 0.6 is 24.2 Å². The Hall–Kier alpha value is -1.46. The number of H-pyrrole nitrogens is 1. The molecule has 2 heterocycles. The molecule has 1 saturated heterocycles. The Balaban J connectivity index is 1.86. The van der Waals surface area contributed by atoms with Crippen molar-refractivity contribution >= 4 is 36.0 Å². The highest BCUT2D eigenvalue weighted by Crippen LogP contribution is 2.28. The third kappa shape index (κ3) is 2.55. The van der Waals surface area contributed by atoms with Crippen LogP contribution in [0.1, 0.15) is 6.42 Å². The highest BCUT2D eigenvalue weighted by molar-refractivity contribution is 7.80. The summed E-state index contributed by atoms with van der Waals surface area (Å²) in [5.41, 5.74) is 1.80. The molecule has 20 heavy (non-hydrogen) atoms. The summed E-state index contributed by atoms with van der Waals surface area (Å²) >= 11 is 10.2. The molecule has 0 aliphatic carbocycles. The summed E-state index contributed by atoms with van der Waals surface area (Å²) in [6.45, 7) is 0.683. The Kier molecular flexibility index (Phi) is 3.72. The van der Waals surface area contributed by atoms with Crippen molar-refractivity contribution in [2.24, 2.45) is 5.92 Å². The van der Waals surface area contributed by atoms with Crippen LogP contribution in [-0.2, 0) is 4.79 Å². The Morgan fingerprint density at radius 1 is 1.45 bits per heavy atom. The number of benzene rings is 1. The fraction of sp³-hybridized carbons (Fsp3) is 0.286. The first-order valence-electron chi connectivity index (χ1n) is 6.40. The highest BCUT2D eigenvalue weighted by atomic mass is 35.5. The average Bonchev–Trinajstić information content (AvgIpc) is 3.05. The van der Waals surface area contributed by atoms with Crippen molar-refractivity contribution in [3.63, 3.8) is 0 Å². The van der Waals surface area contributed by atoms with Crippen LogP contribution in [0.3, 0.4) is 0 Å². The number of nitrogens with zero attached hydrogens (tertiary/aromatic N) is 2. The number of carbonyl (C=O) groups is 1. The van der Waals surface area contributed by atoms with E-state index in [1.54, 1.807) is 4.90 Å². The van der Waals surface area contributed by atoms with Gasteiger partial charge in [0.15, 0.2) is 5.82 Å². The summed E-state index contributed by atoms with van der Waals surface area (Å²) in [4.78, 5) is 13.7. The zero-order chi connectivity index (χ0) is 14.1. The van der Waals surface area contributed by atoms with E-state index >= 15 is 0 Å². The standard InChI is InChI=1S/C14H14ClN3OS/c15-11-3-1-2-10(5-11)12-6-13(17-16-12)18-7-9(8-20)4-14(18)19/h1-3,5-6,9,20H,4,7-8H2,(H,16,17). The van der Waals surface area contributed by atoms with Crippen molar-refractivity contribution in [3.05, 3.63) is 35.4 Å². The van der Waals surface area contributed by atoms with Gasteiger partial charge in [-0.2, -0.15) is 17.7 Å². The molecular formula is C14H14ClN3OS. The van der Waals surface area contributed by atoms with E-state index in [2.05, 4.69) is 22.8 Å². The summed E-state index contributed by atoms with van der Waals surface area (Å²) in [5.74, 6) is 1.79. The summed E-state index contributed by atoms with van der Waals surface area (Å²) < 4.78 is 0. The molecule has 1 aliphatic rings. The summed E-state index contributed by atoms with van der Waals surface area (Å²) in [5, 5.41) is 7.87. The zero-order valence-electron chi connectivity index (χ0n) is 10.7. The predicted octanol–water partition coefficient (Wildman–Crippen LogP) is 3.01. The van der Waals surface area contributed by atoms with Crippen molar-refractivity contribution in [1.29, 1.82) is 0 Å². The van der Waals surface area contributed by atoms with E-state index < -0.39 is 0 Å². The van der Waals surface area contributed by atoms with Crippen molar-refractivity contribution < 1.29 is 4.79 Å². The monoisotopic (exact) mass is 307 g/mol. The van der Waals surface area contributed by atoms with Gasteiger partial charge in [-0.1, -0.05) is 23.7 Å². The molecule has 104 valence electrons. The quantitative estimate of drug-likeness (QED) is 0.856. The molecule has 1 aromatic carbocycles. The van der Waals surface area contributed by atoms with Gasteiger partial charge in [0.1, 0.15) is 0 Å². The van der Waals surface area contributed by atoms with E-state index in [1.165, 1.54) is 0 Å². The number of halogens is 1. The summed E-state index contributed by atoms with van der Waals surface area (Å²) in [7, 11) is 0. The molecule has 1 amide bonds. The Bertz CT molecular complexity index is 643. The second-order valence-corrected chi connectivity index (χ2v) is 5.71. The molecule has 1 fully saturated rings. The first-order chi connectivity index (χ1) is 9.67. The number of amides is 1. The minimum absolute atomic E-state index is 0.105. The molecule has 1 unspecified atom stereocenters. The first-order valence-corrected chi connectivity index (χ1v) is 7.41. The van der Waals surface area contributed by atoms with E-state index in [4.69, 9.17) is 11.6 Å². The Morgan fingerprint density at radius 3 is 3.00 bits per heavy atom. The average molecular weight is 308 g/mol. The van der Waals surface area contributed by atoms with Crippen molar-refractivity contribution in [2.75, 3.05) is 17.2 Å². The van der Waals surface area contributed by atoms with Crippen LogP contribution in [0.15, 0.2) is 30.3 Å². The maximum absolute atomic E-state index is 12.0. The van der Waals surface area contributed by atoms with Crippen LogP contribution in [-0.4, -0.2) is 28.4 Å². The van der Waals surface area contributed by atoms with Crippen LogP contribution in [0.2, 0.25) is 5.02 Å². The molecule has 0 spiro atoms. The van der Waals surface area contributed by atoms with Crippen LogP contribution in [0.4, 0.5) is 5.82 Å². The van der Waals surface area contributed by atoms with Gasteiger partial charge in [-0.25, -0.2) is 0 Å². The second kappa shape index (κ2) is 5.50. The van der Waals surface area contributed by atoms with E-state index in [0.29, 0.717) is 35.5 Å². The molecule has 0 bridgehead atoms. The van der Waals surface area contributed by atoms with Crippen LogP contribution in [0.25, 0.3) is 11.3 Å². The third-order valence-electron chi connectivity index (χ3n) is 3.44. The molecule has 4 nitrogen and oxygen atoms in total. The number of aromatic nitrogens is 2. The molecule has 0 radical (unpaired) electrons. The molecule has 1 aromatic heterocycles. The smallest absolute Gasteiger partial charge is 0.228 e. The minimum Gasteiger partial charge on any atom is -0.295 e. The van der Waals surface area contributed by atoms with E-state index in [9.17, 15) is 4.79 Å². The Morgan fingerprint density at radius 2 is 2.30 bits per heavy atom. The maximum Gasteiger partial charge on any atom is 0.228 e. The minimum atomic E-state index is 0.105. The van der Waals surface area contributed by atoms with Gasteiger partial charge in [-0.05, 0) is 23.8 Å². The lowest BCUT2D eigenvalue weighted by Crippen LogP contribution is -2.24. The lowest BCUT2D eigenvalue weighted by Gasteiger charge is -2.12. The second-order valence-electron chi connectivity index (χ2n) is 4.91. The number of thiol groups is 1. The van der Waals surface area contributed by atoms with Gasteiger partial charge in [0.25, 0.3) is 0 Å². The normalized spacial score (nSPS) is 18.8. The van der Waals surface area contributed by atoms with Gasteiger partial charge in [-0.15, -0.1) is 0 Å². The van der Waals surface area contributed by atoms with Crippen LogP contribution < -0.4 is 4.90 Å². The van der Waals surface area contributed by atoms with Gasteiger partial charge in [-0.3, -0.25) is 14.8 Å². The molecule has 1 N–H and O–H groups in total. The molecule has 3 rings (SSSR count). The van der Waals surface area contributed by atoms with E-state index in [0.717, 1.165) is 11.3 Å². The number of aromatic amines is 1. The fourth-order valence-corrected chi connectivity index (χ4v) is 2.81. The van der Waals surface area contributed by atoms with Gasteiger partial charge < -0.3 is 0 Å². The van der Waals surface area contributed by atoms with Gasteiger partial charge in [0.2, 0.25) is 5.91 Å². The molecule has 6 heteroatoms. The number of hydrogen-bond acceptors (Lipinski definition) is 3. The number of nitrogens with one attached hydrogen (secondary N) is 1. The summed E-state index contributed by atoms with van der Waals surface area (Å²) in [6, 6.07) is 9.40. The lowest BCUT2D eigenvalue weighted by molar-refractivity contribution is -0.117. The predicted molar refractivity (Wildman–Crippen MR) is 83.3 cm³/mol. The lowest BCUT2D eigenvalue weighted by atomic mass is 10.1. The van der Waals surface area contributed by atoms with Crippen molar-refractivity contribution in [3.8, 4) is 11.3 Å². The number of rotatable bonds is 3. The van der Waals surface area contributed by atoms with Gasteiger partial charge in [0.05, 0.1) is 5.69 Å². The van der Waals surface area contributed by atoms with E-state index in [-0.39, 0.29) is 5.91 Å². The molecule has 1 atom stereocenters. The van der Waals surface area contributed by atoms with Crippen LogP contribution in [0, 0.1) is 5.92 Å². The summed E-state index contributed by atoms with van der Waals surface area (Å²) in [6.07, 6.45) is 0.545. The molecule has 1 aliphatic heterocycles. The first kappa shape index (κ1) is 13.5. The molecule has 2 aromatic rings. The van der Waals surface area contributed by atoms with E-state index in [1.807, 2.05) is 30.3 Å². The topological polar surface area (TPSA) is 49.0 Å². The number of anilines is 1. The van der Waals surface area contributed by atoms with Gasteiger partial charge in [0, 0.05) is 29.6 Å². The van der Waals surface area contributed by atoms with Gasteiger partial charge >= 0.3 is 0 Å². The van der Waals surface area contributed by atoms with Crippen molar-refractivity contribution in [2.45, 2.75) is 6.42 Å². The molecule has 0 saturated carbocycles. The van der Waals surface area contributed by atoms with Crippen molar-refractivity contribution in [1.82, 2.24) is 10.2 Å². The number of carbonyl (C=O) groups excluding carboxylic acids is 1. The largest absolute Gasteiger partial charge is 0.295 e. The Labute approximate surface area is 127 Å². The SMILES string of the molecule is O=C1CC(CS)CN1c1cc(-c2cccc(Cl)c2)[nH]n1. The maximum atomic E-state index is 12.0. The zero-order valence-corrected chi connectivity index (χ0v) is 12.4. The number of hydrogen-bond donors (Lipinski definition) is 2.